The van der Waals surface area contributed by atoms with Gasteiger partial charge in [-0.1, -0.05) is 67.6 Å². The van der Waals surface area contributed by atoms with E-state index in [0.29, 0.717) is 0 Å². The molecular weight excluding hydrogens is 278 g/mol. The number of hydrogen-bond donors (Lipinski definition) is 0. The van der Waals surface area contributed by atoms with Crippen molar-refractivity contribution in [3.8, 4) is 0 Å². The SMILES string of the molecule is Clc1ccc(CCCCCCCCc2ccccc2)nc1. The van der Waals surface area contributed by atoms with E-state index in [1.165, 1.54) is 50.5 Å². The zero-order valence-corrected chi connectivity index (χ0v) is 13.4. The van der Waals surface area contributed by atoms with Gasteiger partial charge in [-0.15, -0.1) is 0 Å². The van der Waals surface area contributed by atoms with Crippen molar-refractivity contribution in [3.05, 3.63) is 64.9 Å². The average molecular weight is 302 g/mol. The first-order valence-corrected chi connectivity index (χ1v) is 8.37. The minimum Gasteiger partial charge on any atom is -0.260 e. The summed E-state index contributed by atoms with van der Waals surface area (Å²) in [5.41, 5.74) is 2.62. The third kappa shape index (κ3) is 6.77. The summed E-state index contributed by atoms with van der Waals surface area (Å²) < 4.78 is 0. The summed E-state index contributed by atoms with van der Waals surface area (Å²) in [5.74, 6) is 0. The van der Waals surface area contributed by atoms with Gasteiger partial charge in [0.1, 0.15) is 0 Å². The summed E-state index contributed by atoms with van der Waals surface area (Å²) in [6, 6.07) is 14.7. The van der Waals surface area contributed by atoms with Gasteiger partial charge in [-0.25, -0.2) is 0 Å². The van der Waals surface area contributed by atoms with Crippen molar-refractivity contribution in [2.45, 2.75) is 51.4 Å². The Labute approximate surface area is 133 Å². The molecule has 2 heteroatoms. The van der Waals surface area contributed by atoms with Crippen LogP contribution in [0.3, 0.4) is 0 Å². The highest BCUT2D eigenvalue weighted by Gasteiger charge is 1.97. The molecule has 2 aromatic rings. The van der Waals surface area contributed by atoms with Crippen LogP contribution < -0.4 is 0 Å². The Morgan fingerprint density at radius 1 is 0.714 bits per heavy atom. The fraction of sp³-hybridized carbons (Fsp3) is 0.421. The van der Waals surface area contributed by atoms with Crippen LogP contribution in [0.1, 0.15) is 49.8 Å². The van der Waals surface area contributed by atoms with Crippen molar-refractivity contribution in [2.24, 2.45) is 0 Å². The summed E-state index contributed by atoms with van der Waals surface area (Å²) in [4.78, 5) is 4.33. The van der Waals surface area contributed by atoms with E-state index in [2.05, 4.69) is 35.3 Å². The molecule has 0 atom stereocenters. The van der Waals surface area contributed by atoms with Crippen molar-refractivity contribution < 1.29 is 0 Å². The summed E-state index contributed by atoms with van der Waals surface area (Å²) in [5, 5.41) is 0.720. The van der Waals surface area contributed by atoms with Gasteiger partial charge < -0.3 is 0 Å². The van der Waals surface area contributed by atoms with Gasteiger partial charge in [0.05, 0.1) is 5.02 Å². The van der Waals surface area contributed by atoms with Crippen molar-refractivity contribution in [1.82, 2.24) is 4.98 Å². The van der Waals surface area contributed by atoms with Crippen molar-refractivity contribution in [3.63, 3.8) is 0 Å². The normalized spacial score (nSPS) is 10.7. The van der Waals surface area contributed by atoms with Gasteiger partial charge in [0.2, 0.25) is 0 Å². The lowest BCUT2D eigenvalue weighted by Crippen LogP contribution is -1.90. The summed E-state index contributed by atoms with van der Waals surface area (Å²) in [7, 11) is 0. The van der Waals surface area contributed by atoms with E-state index < -0.39 is 0 Å². The monoisotopic (exact) mass is 301 g/mol. The molecule has 21 heavy (non-hydrogen) atoms. The highest BCUT2D eigenvalue weighted by Crippen LogP contribution is 2.12. The summed E-state index contributed by atoms with van der Waals surface area (Å²) >= 11 is 5.83. The van der Waals surface area contributed by atoms with E-state index in [0.717, 1.165) is 17.1 Å². The fourth-order valence-electron chi connectivity index (χ4n) is 2.54. The molecule has 0 aliphatic heterocycles. The van der Waals surface area contributed by atoms with E-state index >= 15 is 0 Å². The third-order valence-corrected chi connectivity index (χ3v) is 4.00. The number of rotatable bonds is 9. The van der Waals surface area contributed by atoms with Gasteiger partial charge in [-0.2, -0.15) is 0 Å². The number of benzene rings is 1. The molecule has 1 heterocycles. The molecule has 1 nitrogen and oxygen atoms in total. The van der Waals surface area contributed by atoms with Crippen LogP contribution in [0.4, 0.5) is 0 Å². The number of unbranched alkanes of at least 4 members (excludes halogenated alkanes) is 5. The molecule has 0 saturated carbocycles. The highest BCUT2D eigenvalue weighted by molar-refractivity contribution is 6.30. The quantitative estimate of drug-likeness (QED) is 0.529. The Bertz CT molecular complexity index is 493. The van der Waals surface area contributed by atoms with E-state index in [1.54, 1.807) is 6.20 Å². The topological polar surface area (TPSA) is 12.9 Å². The molecule has 0 amide bonds. The number of halogens is 1. The first kappa shape index (κ1) is 16.0. The van der Waals surface area contributed by atoms with Crippen LogP contribution in [-0.2, 0) is 12.8 Å². The minimum absolute atomic E-state index is 0.720. The van der Waals surface area contributed by atoms with Gasteiger partial charge in [0, 0.05) is 11.9 Å². The molecule has 0 N–H and O–H groups in total. The second-order valence-corrected chi connectivity index (χ2v) is 6.01. The lowest BCUT2D eigenvalue weighted by atomic mass is 10.0. The molecule has 0 fully saturated rings. The summed E-state index contributed by atoms with van der Waals surface area (Å²) in [6.07, 6.45) is 11.9. The number of nitrogens with zero attached hydrogens (tertiary/aromatic N) is 1. The molecule has 1 aromatic carbocycles. The molecule has 0 bridgehead atoms. The zero-order chi connectivity index (χ0) is 14.8. The second kappa shape index (κ2) is 9.57. The first-order valence-electron chi connectivity index (χ1n) is 7.99. The van der Waals surface area contributed by atoms with E-state index in [9.17, 15) is 0 Å². The largest absolute Gasteiger partial charge is 0.260 e. The molecule has 0 aliphatic carbocycles. The molecular formula is C19H24ClN. The number of hydrogen-bond acceptors (Lipinski definition) is 1. The Morgan fingerprint density at radius 2 is 1.38 bits per heavy atom. The lowest BCUT2D eigenvalue weighted by Gasteiger charge is -2.03. The Morgan fingerprint density at radius 3 is 2.05 bits per heavy atom. The van der Waals surface area contributed by atoms with Crippen LogP contribution in [0, 0.1) is 0 Å². The van der Waals surface area contributed by atoms with Gasteiger partial charge in [0.15, 0.2) is 0 Å². The molecule has 1 aromatic heterocycles. The van der Waals surface area contributed by atoms with Crippen LogP contribution in [-0.4, -0.2) is 4.98 Å². The number of pyridine rings is 1. The predicted octanol–water partition coefficient (Wildman–Crippen LogP) is 5.86. The maximum Gasteiger partial charge on any atom is 0.0589 e. The van der Waals surface area contributed by atoms with Crippen LogP contribution in [0.15, 0.2) is 48.7 Å². The Hall–Kier alpha value is -1.34. The molecule has 0 aliphatic rings. The second-order valence-electron chi connectivity index (χ2n) is 5.57. The Balaban J connectivity index is 1.46. The maximum absolute atomic E-state index is 5.83. The molecule has 2 rings (SSSR count). The van der Waals surface area contributed by atoms with Crippen molar-refractivity contribution in [2.75, 3.05) is 0 Å². The Kier molecular flexibility index (Phi) is 7.31. The van der Waals surface area contributed by atoms with E-state index in [1.807, 2.05) is 12.1 Å². The highest BCUT2D eigenvalue weighted by atomic mass is 35.5. The smallest absolute Gasteiger partial charge is 0.0589 e. The van der Waals surface area contributed by atoms with Gasteiger partial charge in [-0.05, 0) is 43.4 Å². The van der Waals surface area contributed by atoms with Crippen molar-refractivity contribution in [1.29, 1.82) is 0 Å². The number of aromatic nitrogens is 1. The van der Waals surface area contributed by atoms with Crippen LogP contribution in [0.25, 0.3) is 0 Å². The van der Waals surface area contributed by atoms with Crippen LogP contribution in [0.5, 0.6) is 0 Å². The molecule has 0 saturated heterocycles. The number of aryl methyl sites for hydroxylation is 2. The zero-order valence-electron chi connectivity index (χ0n) is 12.6. The molecule has 0 spiro atoms. The average Bonchev–Trinajstić information content (AvgIpc) is 2.53. The molecule has 112 valence electrons. The third-order valence-electron chi connectivity index (χ3n) is 3.78. The predicted molar refractivity (Wildman–Crippen MR) is 90.8 cm³/mol. The minimum atomic E-state index is 0.720. The fourth-order valence-corrected chi connectivity index (χ4v) is 2.65. The maximum atomic E-state index is 5.83. The van der Waals surface area contributed by atoms with Gasteiger partial charge in [-0.3, -0.25) is 4.98 Å². The van der Waals surface area contributed by atoms with E-state index in [-0.39, 0.29) is 0 Å². The van der Waals surface area contributed by atoms with E-state index in [4.69, 9.17) is 11.6 Å². The summed E-state index contributed by atoms with van der Waals surface area (Å²) in [6.45, 7) is 0. The van der Waals surface area contributed by atoms with Gasteiger partial charge >= 0.3 is 0 Å². The van der Waals surface area contributed by atoms with Crippen LogP contribution >= 0.6 is 11.6 Å². The molecule has 0 radical (unpaired) electrons. The lowest BCUT2D eigenvalue weighted by molar-refractivity contribution is 0.591. The van der Waals surface area contributed by atoms with Crippen molar-refractivity contribution >= 4 is 11.6 Å². The first-order chi connectivity index (χ1) is 10.3. The van der Waals surface area contributed by atoms with Gasteiger partial charge in [0.25, 0.3) is 0 Å². The standard InChI is InChI=1S/C19H24ClN/c20-18-14-15-19(21-16-18)13-9-4-2-1-3-6-10-17-11-7-5-8-12-17/h5,7-8,11-12,14-16H,1-4,6,9-10,13H2. The molecule has 0 unspecified atom stereocenters. The van der Waals surface area contributed by atoms with Crippen LogP contribution in [0.2, 0.25) is 5.02 Å².